The number of carbonyl (C=O) groups is 2. The summed E-state index contributed by atoms with van der Waals surface area (Å²) in [6.07, 6.45) is -0.234. The van der Waals surface area contributed by atoms with Gasteiger partial charge in [-0.15, -0.1) is 0 Å². The molecule has 0 radical (unpaired) electrons. The molecule has 0 atom stereocenters. The molecule has 0 spiro atoms. The van der Waals surface area contributed by atoms with Gasteiger partial charge in [0.25, 0.3) is 0 Å². The number of nitrogens with zero attached hydrogens (tertiary/aromatic N) is 1. The fourth-order valence-electron chi connectivity index (χ4n) is 3.01. The van der Waals surface area contributed by atoms with E-state index in [-0.39, 0.29) is 25.0 Å². The van der Waals surface area contributed by atoms with E-state index in [9.17, 15) is 9.59 Å². The molecule has 0 unspecified atom stereocenters. The van der Waals surface area contributed by atoms with Crippen molar-refractivity contribution in [3.63, 3.8) is 0 Å². The van der Waals surface area contributed by atoms with E-state index in [2.05, 4.69) is 29.4 Å². The first-order chi connectivity index (χ1) is 13.6. The summed E-state index contributed by atoms with van der Waals surface area (Å²) >= 11 is 0. The minimum atomic E-state index is -0.348. The van der Waals surface area contributed by atoms with Crippen LogP contribution in [0.4, 0.5) is 11.4 Å². The third-order valence-electron chi connectivity index (χ3n) is 4.53. The number of fused-ring (bicyclic) bond motifs is 1. The fraction of sp³-hybridized carbons (Fsp3) is 0.333. The SMILES string of the molecule is CCN(CC)c1ccc(NC(=O)CC(=O)NCc2ccc3c(c2)OCO3)cc1. The van der Waals surface area contributed by atoms with Gasteiger partial charge in [0.05, 0.1) is 0 Å². The number of benzene rings is 2. The largest absolute Gasteiger partial charge is 0.454 e. The lowest BCUT2D eigenvalue weighted by molar-refractivity contribution is -0.126. The Balaban J connectivity index is 1.46. The topological polar surface area (TPSA) is 79.9 Å². The summed E-state index contributed by atoms with van der Waals surface area (Å²) in [5.74, 6) is 0.674. The number of hydrogen-bond acceptors (Lipinski definition) is 5. The Morgan fingerprint density at radius 2 is 1.68 bits per heavy atom. The van der Waals surface area contributed by atoms with Gasteiger partial charge in [0, 0.05) is 31.0 Å². The van der Waals surface area contributed by atoms with E-state index < -0.39 is 0 Å². The molecule has 2 amide bonds. The van der Waals surface area contributed by atoms with Crippen LogP contribution in [0.2, 0.25) is 0 Å². The number of anilines is 2. The van der Waals surface area contributed by atoms with Crippen molar-refractivity contribution in [1.82, 2.24) is 5.32 Å². The van der Waals surface area contributed by atoms with Crippen LogP contribution in [-0.2, 0) is 16.1 Å². The number of rotatable bonds is 8. The van der Waals surface area contributed by atoms with Crippen LogP contribution in [-0.4, -0.2) is 31.7 Å². The number of carbonyl (C=O) groups excluding carboxylic acids is 2. The van der Waals surface area contributed by atoms with E-state index in [0.29, 0.717) is 23.7 Å². The normalized spacial score (nSPS) is 11.8. The van der Waals surface area contributed by atoms with Crippen molar-refractivity contribution in [1.29, 1.82) is 0 Å². The van der Waals surface area contributed by atoms with Crippen LogP contribution < -0.4 is 25.0 Å². The quantitative estimate of drug-likeness (QED) is 0.685. The number of hydrogen-bond donors (Lipinski definition) is 2. The minimum Gasteiger partial charge on any atom is -0.454 e. The van der Waals surface area contributed by atoms with Crippen molar-refractivity contribution >= 4 is 23.2 Å². The summed E-state index contributed by atoms with van der Waals surface area (Å²) in [4.78, 5) is 26.4. The van der Waals surface area contributed by atoms with Crippen molar-refractivity contribution < 1.29 is 19.1 Å². The molecule has 1 aliphatic heterocycles. The fourth-order valence-corrected chi connectivity index (χ4v) is 3.01. The maximum atomic E-state index is 12.1. The number of nitrogens with one attached hydrogen (secondary N) is 2. The third-order valence-corrected chi connectivity index (χ3v) is 4.53. The molecule has 0 aromatic heterocycles. The van der Waals surface area contributed by atoms with E-state index in [0.717, 1.165) is 24.3 Å². The van der Waals surface area contributed by atoms with E-state index in [4.69, 9.17) is 9.47 Å². The molecule has 2 aromatic carbocycles. The average Bonchev–Trinajstić information content (AvgIpc) is 3.16. The van der Waals surface area contributed by atoms with Crippen LogP contribution in [0, 0.1) is 0 Å². The molecule has 7 nitrogen and oxygen atoms in total. The van der Waals surface area contributed by atoms with Gasteiger partial charge < -0.3 is 25.0 Å². The first-order valence-corrected chi connectivity index (χ1v) is 9.39. The predicted octanol–water partition coefficient (Wildman–Crippen LogP) is 2.91. The highest BCUT2D eigenvalue weighted by atomic mass is 16.7. The molecule has 2 aromatic rings. The molecule has 2 N–H and O–H groups in total. The summed E-state index contributed by atoms with van der Waals surface area (Å²) in [6.45, 7) is 6.57. The zero-order chi connectivity index (χ0) is 19.9. The van der Waals surface area contributed by atoms with E-state index >= 15 is 0 Å². The molecule has 7 heteroatoms. The summed E-state index contributed by atoms with van der Waals surface area (Å²) in [5, 5.41) is 5.50. The molecule has 1 heterocycles. The van der Waals surface area contributed by atoms with E-state index in [1.54, 1.807) is 6.07 Å². The van der Waals surface area contributed by atoms with E-state index in [1.165, 1.54) is 0 Å². The summed E-state index contributed by atoms with van der Waals surface area (Å²) in [6, 6.07) is 13.1. The second-order valence-corrected chi connectivity index (χ2v) is 6.41. The molecule has 1 aliphatic rings. The highest BCUT2D eigenvalue weighted by Crippen LogP contribution is 2.32. The van der Waals surface area contributed by atoms with Gasteiger partial charge in [-0.25, -0.2) is 0 Å². The monoisotopic (exact) mass is 383 g/mol. The van der Waals surface area contributed by atoms with Crippen molar-refractivity contribution in [3.8, 4) is 11.5 Å². The summed E-state index contributed by atoms with van der Waals surface area (Å²) in [5.41, 5.74) is 2.65. The van der Waals surface area contributed by atoms with Gasteiger partial charge in [0.2, 0.25) is 18.6 Å². The van der Waals surface area contributed by atoms with Gasteiger partial charge in [0.1, 0.15) is 6.42 Å². The van der Waals surface area contributed by atoms with Gasteiger partial charge in [0.15, 0.2) is 11.5 Å². The van der Waals surface area contributed by atoms with Crippen LogP contribution in [0.1, 0.15) is 25.8 Å². The Hall–Kier alpha value is -3.22. The van der Waals surface area contributed by atoms with Crippen molar-refractivity contribution in [3.05, 3.63) is 48.0 Å². The standard InChI is InChI=1S/C21H25N3O4/c1-3-24(4-2)17-8-6-16(7-9-17)23-21(26)12-20(25)22-13-15-5-10-18-19(11-15)28-14-27-18/h5-11H,3-4,12-14H2,1-2H3,(H,22,25)(H,23,26). The Labute approximate surface area is 164 Å². The highest BCUT2D eigenvalue weighted by Gasteiger charge is 2.14. The molecular weight excluding hydrogens is 358 g/mol. The Morgan fingerprint density at radius 1 is 0.964 bits per heavy atom. The molecule has 28 heavy (non-hydrogen) atoms. The Morgan fingerprint density at radius 3 is 2.39 bits per heavy atom. The van der Waals surface area contributed by atoms with Crippen LogP contribution in [0.5, 0.6) is 11.5 Å². The first-order valence-electron chi connectivity index (χ1n) is 9.39. The molecule has 0 saturated heterocycles. The van der Waals surface area contributed by atoms with Crippen LogP contribution in [0.15, 0.2) is 42.5 Å². The van der Waals surface area contributed by atoms with Crippen LogP contribution in [0.25, 0.3) is 0 Å². The van der Waals surface area contributed by atoms with Gasteiger partial charge in [-0.2, -0.15) is 0 Å². The van der Waals surface area contributed by atoms with Gasteiger partial charge >= 0.3 is 0 Å². The summed E-state index contributed by atoms with van der Waals surface area (Å²) in [7, 11) is 0. The zero-order valence-corrected chi connectivity index (χ0v) is 16.2. The molecule has 3 rings (SSSR count). The van der Waals surface area contributed by atoms with E-state index in [1.807, 2.05) is 36.4 Å². The zero-order valence-electron chi connectivity index (χ0n) is 16.2. The number of amides is 2. The minimum absolute atomic E-state index is 0.210. The maximum Gasteiger partial charge on any atom is 0.233 e. The summed E-state index contributed by atoms with van der Waals surface area (Å²) < 4.78 is 10.6. The molecular formula is C21H25N3O4. The lowest BCUT2D eigenvalue weighted by atomic mass is 10.2. The first kappa shape index (κ1) is 19.5. The lowest BCUT2D eigenvalue weighted by Crippen LogP contribution is -2.27. The number of ether oxygens (including phenoxy) is 2. The average molecular weight is 383 g/mol. The molecule has 0 bridgehead atoms. The Bertz CT molecular complexity index is 832. The van der Waals surface area contributed by atoms with Gasteiger partial charge in [-0.1, -0.05) is 6.07 Å². The Kier molecular flexibility index (Phi) is 6.37. The second-order valence-electron chi connectivity index (χ2n) is 6.41. The van der Waals surface area contributed by atoms with Crippen molar-refractivity contribution in [2.45, 2.75) is 26.8 Å². The molecule has 0 saturated carbocycles. The molecule has 0 aliphatic carbocycles. The third kappa shape index (κ3) is 4.94. The lowest BCUT2D eigenvalue weighted by Gasteiger charge is -2.21. The molecule has 148 valence electrons. The predicted molar refractivity (Wildman–Crippen MR) is 108 cm³/mol. The highest BCUT2D eigenvalue weighted by molar-refractivity contribution is 6.03. The van der Waals surface area contributed by atoms with Gasteiger partial charge in [-0.3, -0.25) is 9.59 Å². The van der Waals surface area contributed by atoms with Crippen LogP contribution in [0.3, 0.4) is 0 Å². The van der Waals surface area contributed by atoms with Gasteiger partial charge in [-0.05, 0) is 55.8 Å². The van der Waals surface area contributed by atoms with Crippen LogP contribution >= 0.6 is 0 Å². The maximum absolute atomic E-state index is 12.1. The molecule has 0 fully saturated rings. The van der Waals surface area contributed by atoms with Crippen molar-refractivity contribution in [2.75, 3.05) is 30.1 Å². The smallest absolute Gasteiger partial charge is 0.233 e. The second kappa shape index (κ2) is 9.12. The van der Waals surface area contributed by atoms with Crippen molar-refractivity contribution in [2.24, 2.45) is 0 Å².